The first kappa shape index (κ1) is 20.3. The number of hydrogen-bond donors (Lipinski definition) is 1. The third-order valence-corrected chi connectivity index (χ3v) is 4.75. The molecule has 6 nitrogen and oxygen atoms in total. The summed E-state index contributed by atoms with van der Waals surface area (Å²) in [5.41, 5.74) is 1.65. The van der Waals surface area contributed by atoms with Crippen LogP contribution in [0.2, 0.25) is 0 Å². The fraction of sp³-hybridized carbons (Fsp3) is 0.333. The van der Waals surface area contributed by atoms with Crippen LogP contribution in [0.4, 0.5) is 0 Å². The van der Waals surface area contributed by atoms with Gasteiger partial charge in [0.15, 0.2) is 23.0 Å². The first-order chi connectivity index (χ1) is 12.9. The van der Waals surface area contributed by atoms with E-state index in [1.54, 1.807) is 26.2 Å². The van der Waals surface area contributed by atoms with Gasteiger partial charge in [0, 0.05) is 17.4 Å². The lowest BCUT2D eigenvalue weighted by Crippen LogP contribution is -2.20. The molecule has 2 aromatic rings. The molecule has 144 valence electrons. The minimum absolute atomic E-state index is 0.0399. The molecule has 0 saturated heterocycles. The van der Waals surface area contributed by atoms with Crippen LogP contribution in [0.3, 0.4) is 0 Å². The molecule has 2 aromatic carbocycles. The molecule has 0 radical (unpaired) electrons. The van der Waals surface area contributed by atoms with Gasteiger partial charge in [0.25, 0.3) is 0 Å². The zero-order valence-electron chi connectivity index (χ0n) is 16.1. The van der Waals surface area contributed by atoms with E-state index < -0.39 is 11.8 Å². The monoisotopic (exact) mass is 372 g/mol. The maximum absolute atomic E-state index is 12.2. The molecular weight excluding hydrogens is 348 g/mol. The van der Waals surface area contributed by atoms with E-state index in [-0.39, 0.29) is 17.3 Å². The van der Waals surface area contributed by atoms with Crippen LogP contribution >= 0.6 is 0 Å². The van der Waals surface area contributed by atoms with Gasteiger partial charge in [0.1, 0.15) is 12.1 Å². The number of carbonyl (C=O) groups is 2. The highest BCUT2D eigenvalue weighted by Gasteiger charge is 2.29. The molecule has 2 rings (SSSR count). The topological polar surface area (TPSA) is 82.1 Å². The number of carbonyl (C=O) groups excluding carboxylic acids is 2. The first-order valence-electron chi connectivity index (χ1n) is 8.46. The van der Waals surface area contributed by atoms with Crippen LogP contribution in [0.25, 0.3) is 0 Å². The molecular formula is C21H24O6. The molecule has 0 aliphatic carbocycles. The van der Waals surface area contributed by atoms with E-state index in [4.69, 9.17) is 14.2 Å². The minimum Gasteiger partial charge on any atom is -0.504 e. The number of rotatable bonds is 8. The van der Waals surface area contributed by atoms with Crippen molar-refractivity contribution in [2.75, 3.05) is 21.3 Å². The molecule has 0 amide bonds. The number of phenols is 1. The lowest BCUT2D eigenvalue weighted by Gasteiger charge is -2.26. The Hall–Kier alpha value is -3.02. The van der Waals surface area contributed by atoms with Crippen LogP contribution in [0, 0.1) is 5.92 Å². The summed E-state index contributed by atoms with van der Waals surface area (Å²) in [6.45, 7) is 3.29. The van der Waals surface area contributed by atoms with E-state index in [2.05, 4.69) is 0 Å². The van der Waals surface area contributed by atoms with Crippen molar-refractivity contribution in [3.8, 4) is 23.0 Å². The summed E-state index contributed by atoms with van der Waals surface area (Å²) in [5, 5.41) is 10.2. The summed E-state index contributed by atoms with van der Waals surface area (Å²) < 4.78 is 15.7. The molecule has 0 saturated carbocycles. The fourth-order valence-corrected chi connectivity index (χ4v) is 3.15. The molecule has 1 N–H and O–H groups in total. The van der Waals surface area contributed by atoms with Gasteiger partial charge in [0.2, 0.25) is 0 Å². The summed E-state index contributed by atoms with van der Waals surface area (Å²) in [5.74, 6) is 0.238. The first-order valence-corrected chi connectivity index (χ1v) is 8.46. The van der Waals surface area contributed by atoms with Gasteiger partial charge in [-0.1, -0.05) is 13.0 Å². The fourth-order valence-electron chi connectivity index (χ4n) is 3.15. The maximum Gasteiger partial charge on any atom is 0.161 e. The predicted octanol–water partition coefficient (Wildman–Crippen LogP) is 3.59. The molecule has 27 heavy (non-hydrogen) atoms. The summed E-state index contributed by atoms with van der Waals surface area (Å²) in [7, 11) is 4.48. The number of hydrogen-bond acceptors (Lipinski definition) is 6. The molecule has 2 atom stereocenters. The van der Waals surface area contributed by atoms with Crippen molar-refractivity contribution in [3.05, 3.63) is 47.0 Å². The van der Waals surface area contributed by atoms with Crippen LogP contribution < -0.4 is 14.2 Å². The number of methoxy groups -OCH3 is 3. The van der Waals surface area contributed by atoms with E-state index in [9.17, 15) is 14.7 Å². The van der Waals surface area contributed by atoms with Crippen molar-refractivity contribution in [2.45, 2.75) is 19.8 Å². The number of aromatic hydroxyl groups is 1. The second-order valence-electron chi connectivity index (χ2n) is 6.26. The Morgan fingerprint density at radius 3 is 2.15 bits per heavy atom. The molecule has 6 heteroatoms. The van der Waals surface area contributed by atoms with E-state index >= 15 is 0 Å². The number of Topliss-reactive ketones (excluding diaryl/α,β-unsaturated/α-hetero) is 1. The Balaban J connectivity index is 2.72. The molecule has 2 unspecified atom stereocenters. The van der Waals surface area contributed by atoms with Gasteiger partial charge in [-0.05, 0) is 42.3 Å². The third-order valence-electron chi connectivity index (χ3n) is 4.75. The summed E-state index contributed by atoms with van der Waals surface area (Å²) in [6, 6.07) is 8.29. The Morgan fingerprint density at radius 2 is 1.63 bits per heavy atom. The normalized spacial score (nSPS) is 12.8. The standard InChI is InChI=1S/C21H24O6/c1-12(13(2)23)21(14-6-7-18(25-3)20(8-14)27-5)16-10-17(24)19(26-4)9-15(16)11-22/h6-12,21,24H,1-5H3. The average molecular weight is 372 g/mol. The van der Waals surface area contributed by atoms with Gasteiger partial charge in [0.05, 0.1) is 21.3 Å². The predicted molar refractivity (Wildman–Crippen MR) is 101 cm³/mol. The second kappa shape index (κ2) is 8.58. The Morgan fingerprint density at radius 1 is 1.00 bits per heavy atom. The number of ether oxygens (including phenoxy) is 3. The number of aldehydes is 1. The lowest BCUT2D eigenvalue weighted by atomic mass is 9.78. The van der Waals surface area contributed by atoms with Gasteiger partial charge in [-0.25, -0.2) is 0 Å². The summed E-state index contributed by atoms with van der Waals surface area (Å²) in [4.78, 5) is 23.9. The minimum atomic E-state index is -0.459. The quantitative estimate of drug-likeness (QED) is 0.713. The Kier molecular flexibility index (Phi) is 6.45. The SMILES string of the molecule is COc1cc(C=O)c(C(c2ccc(OC)c(OC)c2)C(C)C(C)=O)cc1O. The van der Waals surface area contributed by atoms with Crippen molar-refractivity contribution in [1.29, 1.82) is 0 Å². The van der Waals surface area contributed by atoms with Crippen molar-refractivity contribution in [1.82, 2.24) is 0 Å². The van der Waals surface area contributed by atoms with Crippen LogP contribution in [0.15, 0.2) is 30.3 Å². The number of phenolic OH excluding ortho intramolecular Hbond substituents is 1. The third kappa shape index (κ3) is 4.05. The van der Waals surface area contributed by atoms with Crippen molar-refractivity contribution in [2.24, 2.45) is 5.92 Å². The summed E-state index contributed by atoms with van der Waals surface area (Å²) in [6.07, 6.45) is 0.692. The van der Waals surface area contributed by atoms with Crippen molar-refractivity contribution >= 4 is 12.1 Å². The summed E-state index contributed by atoms with van der Waals surface area (Å²) >= 11 is 0. The van der Waals surface area contributed by atoms with Gasteiger partial charge in [-0.3, -0.25) is 9.59 Å². The van der Waals surface area contributed by atoms with E-state index in [0.29, 0.717) is 28.9 Å². The molecule has 0 spiro atoms. The van der Waals surface area contributed by atoms with Gasteiger partial charge >= 0.3 is 0 Å². The zero-order valence-corrected chi connectivity index (χ0v) is 16.1. The Bertz CT molecular complexity index is 843. The lowest BCUT2D eigenvalue weighted by molar-refractivity contribution is -0.120. The highest BCUT2D eigenvalue weighted by atomic mass is 16.5. The van der Waals surface area contributed by atoms with Crippen molar-refractivity contribution < 1.29 is 28.9 Å². The van der Waals surface area contributed by atoms with Gasteiger partial charge in [-0.2, -0.15) is 0 Å². The second-order valence-corrected chi connectivity index (χ2v) is 6.26. The van der Waals surface area contributed by atoms with Crippen LogP contribution in [-0.2, 0) is 4.79 Å². The van der Waals surface area contributed by atoms with E-state index in [1.165, 1.54) is 33.3 Å². The van der Waals surface area contributed by atoms with Gasteiger partial charge in [-0.15, -0.1) is 0 Å². The van der Waals surface area contributed by atoms with Crippen molar-refractivity contribution in [3.63, 3.8) is 0 Å². The van der Waals surface area contributed by atoms with Crippen LogP contribution in [0.5, 0.6) is 23.0 Å². The molecule has 0 aliphatic heterocycles. The zero-order chi connectivity index (χ0) is 20.1. The van der Waals surface area contributed by atoms with E-state index in [1.807, 2.05) is 6.07 Å². The largest absolute Gasteiger partial charge is 0.504 e. The number of benzene rings is 2. The molecule has 0 aliphatic rings. The molecule has 0 heterocycles. The van der Waals surface area contributed by atoms with Crippen LogP contribution in [-0.4, -0.2) is 38.5 Å². The highest BCUT2D eigenvalue weighted by Crippen LogP contribution is 2.41. The molecule has 0 fully saturated rings. The number of ketones is 1. The van der Waals surface area contributed by atoms with Gasteiger partial charge < -0.3 is 19.3 Å². The van der Waals surface area contributed by atoms with Crippen LogP contribution in [0.1, 0.15) is 41.3 Å². The highest BCUT2D eigenvalue weighted by molar-refractivity contribution is 5.83. The van der Waals surface area contributed by atoms with E-state index in [0.717, 1.165) is 5.56 Å². The molecule has 0 aromatic heterocycles. The average Bonchev–Trinajstić information content (AvgIpc) is 2.67. The Labute approximate surface area is 158 Å². The maximum atomic E-state index is 12.2. The molecule has 0 bridgehead atoms. The smallest absolute Gasteiger partial charge is 0.161 e.